The minimum absolute atomic E-state index is 0.498. The molecule has 0 aliphatic heterocycles. The van der Waals surface area contributed by atoms with E-state index < -0.39 is 22.2 Å². The van der Waals surface area contributed by atoms with Crippen LogP contribution in [-0.4, -0.2) is 25.0 Å². The average molecular weight is 138 g/mol. The van der Waals surface area contributed by atoms with E-state index >= 15 is 0 Å². The zero-order chi connectivity index (χ0) is 6.78. The molecule has 0 heterocycles. The lowest BCUT2D eigenvalue weighted by atomic mass is 10.3. The molecule has 0 aromatic rings. The van der Waals surface area contributed by atoms with Crippen molar-refractivity contribution in [3.8, 4) is 0 Å². The average Bonchev–Trinajstić information content (AvgIpc) is 1.21. The van der Waals surface area contributed by atoms with Crippen molar-refractivity contribution in [2.75, 3.05) is 5.75 Å². The Morgan fingerprint density at radius 3 is 2.12 bits per heavy atom. The van der Waals surface area contributed by atoms with Gasteiger partial charge in [-0.1, -0.05) is 0 Å². The number of hydrogen-bond donors (Lipinski definition) is 3. The van der Waals surface area contributed by atoms with Crippen LogP contribution < -0.4 is 5.73 Å². The molecule has 0 aromatic heterocycles. The van der Waals surface area contributed by atoms with E-state index in [1.807, 2.05) is 0 Å². The molecule has 0 saturated carbocycles. The van der Waals surface area contributed by atoms with Gasteiger partial charge in [-0.3, -0.25) is 0 Å². The van der Waals surface area contributed by atoms with Crippen LogP contribution in [0.15, 0.2) is 0 Å². The molecule has 0 saturated heterocycles. The highest BCUT2D eigenvalue weighted by atomic mass is 32.2. The Hall–Kier alpha value is -0.130. The maximum absolute atomic E-state index is 9.77. The van der Waals surface area contributed by atoms with Crippen LogP contribution in [0.3, 0.4) is 0 Å². The molecule has 0 spiro atoms. The van der Waals surface area contributed by atoms with Gasteiger partial charge in [0.05, 0.1) is 5.75 Å². The van der Waals surface area contributed by atoms with Crippen molar-refractivity contribution in [2.45, 2.75) is 5.72 Å². The molecule has 0 amide bonds. The van der Waals surface area contributed by atoms with E-state index in [-0.39, 0.29) is 0 Å². The Labute approximate surface area is 49.3 Å². The van der Waals surface area contributed by atoms with E-state index in [0.29, 0.717) is 0 Å². The second-order valence-electron chi connectivity index (χ2n) is 1.59. The van der Waals surface area contributed by atoms with Gasteiger partial charge in [0.1, 0.15) is 16.4 Å². The molecule has 0 bridgehead atoms. The van der Waals surface area contributed by atoms with Gasteiger partial charge in [-0.2, -0.15) is 0 Å². The molecule has 5 heteroatoms. The van der Waals surface area contributed by atoms with Gasteiger partial charge in [0.15, 0.2) is 0 Å². The van der Waals surface area contributed by atoms with E-state index in [4.69, 9.17) is 10.8 Å². The molecule has 8 heavy (non-hydrogen) atoms. The summed E-state index contributed by atoms with van der Waals surface area (Å²) in [6.45, 7) is 2.96. The lowest BCUT2D eigenvalue weighted by Crippen LogP contribution is -2.40. The van der Waals surface area contributed by atoms with Crippen LogP contribution in [0.25, 0.3) is 0 Å². The predicted octanol–water partition coefficient (Wildman–Crippen LogP) is -1.92. The van der Waals surface area contributed by atoms with Gasteiger partial charge >= 0.3 is 0 Å². The Balaban J connectivity index is 3.73. The number of hydrogen-bond acceptors (Lipinski definition) is 4. The molecule has 0 rings (SSSR count). The van der Waals surface area contributed by atoms with Gasteiger partial charge in [-0.25, -0.2) is 8.42 Å². The molecule has 4 nitrogen and oxygen atoms in total. The zero-order valence-corrected chi connectivity index (χ0v) is 5.10. The van der Waals surface area contributed by atoms with Gasteiger partial charge in [0.2, 0.25) is 0 Å². The lowest BCUT2D eigenvalue weighted by Gasteiger charge is -2.10. The van der Waals surface area contributed by atoms with Crippen LogP contribution in [-0.2, 0) is 10.7 Å². The summed E-state index contributed by atoms with van der Waals surface area (Å²) in [5.41, 5.74) is 2.97. The van der Waals surface area contributed by atoms with Crippen molar-refractivity contribution in [1.29, 1.82) is 0 Å². The fourth-order valence-corrected chi connectivity index (χ4v) is 0.671. The van der Waals surface area contributed by atoms with Gasteiger partial charge < -0.3 is 10.8 Å². The van der Waals surface area contributed by atoms with E-state index in [2.05, 4.69) is 6.92 Å². The maximum atomic E-state index is 9.77. The molecule has 1 radical (unpaired) electrons. The zero-order valence-electron chi connectivity index (χ0n) is 4.20. The van der Waals surface area contributed by atoms with Crippen LogP contribution >= 0.6 is 0 Å². The lowest BCUT2D eigenvalue weighted by molar-refractivity contribution is 0.120. The summed E-state index contributed by atoms with van der Waals surface area (Å²) in [6.07, 6.45) is 0. The van der Waals surface area contributed by atoms with Crippen molar-refractivity contribution in [3.05, 3.63) is 6.92 Å². The normalized spacial score (nSPS) is 18.5. The maximum Gasteiger partial charge on any atom is 0.144 e. The second kappa shape index (κ2) is 2.43. The molecule has 0 aliphatic carbocycles. The summed E-state index contributed by atoms with van der Waals surface area (Å²) in [4.78, 5) is 0. The third kappa shape index (κ3) is 5.87. The number of aliphatic hydroxyl groups is 1. The molecule has 0 aromatic carbocycles. The Morgan fingerprint density at radius 2 is 2.12 bits per heavy atom. The van der Waals surface area contributed by atoms with E-state index in [0.717, 1.165) is 0 Å². The van der Waals surface area contributed by atoms with Gasteiger partial charge in [0.25, 0.3) is 0 Å². The SMILES string of the molecule is [CH2]C(N)(O)C[SH](=O)=O. The van der Waals surface area contributed by atoms with Gasteiger partial charge in [-0.05, 0) is 6.92 Å². The van der Waals surface area contributed by atoms with Gasteiger partial charge in [-0.15, -0.1) is 0 Å². The number of nitrogens with two attached hydrogens (primary N) is 1. The van der Waals surface area contributed by atoms with Gasteiger partial charge in [0, 0.05) is 0 Å². The quantitative estimate of drug-likeness (QED) is 0.307. The smallest absolute Gasteiger partial charge is 0.144 e. The predicted molar refractivity (Wildman–Crippen MR) is 29.7 cm³/mol. The van der Waals surface area contributed by atoms with Crippen LogP contribution in [0.5, 0.6) is 0 Å². The fourth-order valence-electron chi connectivity index (χ4n) is 0.224. The van der Waals surface area contributed by atoms with Crippen LogP contribution in [0, 0.1) is 6.92 Å². The molecule has 49 valence electrons. The van der Waals surface area contributed by atoms with E-state index in [9.17, 15) is 8.42 Å². The van der Waals surface area contributed by atoms with Crippen LogP contribution in [0.2, 0.25) is 0 Å². The molecular weight excluding hydrogens is 130 g/mol. The van der Waals surface area contributed by atoms with Crippen molar-refractivity contribution in [2.24, 2.45) is 5.73 Å². The summed E-state index contributed by atoms with van der Waals surface area (Å²) in [5, 5.41) is 8.47. The highest BCUT2D eigenvalue weighted by molar-refractivity contribution is 7.72. The van der Waals surface area contributed by atoms with E-state index in [1.165, 1.54) is 0 Å². The van der Waals surface area contributed by atoms with Crippen LogP contribution in [0.1, 0.15) is 0 Å². The van der Waals surface area contributed by atoms with Crippen molar-refractivity contribution >= 4 is 10.7 Å². The topological polar surface area (TPSA) is 80.4 Å². The highest BCUT2D eigenvalue weighted by Gasteiger charge is 2.13. The minimum Gasteiger partial charge on any atom is -0.375 e. The first kappa shape index (κ1) is 7.87. The first-order chi connectivity index (χ1) is 3.42. The second-order valence-corrected chi connectivity index (χ2v) is 2.58. The first-order valence-electron chi connectivity index (χ1n) is 1.90. The molecule has 3 N–H and O–H groups in total. The Bertz CT molecular complexity index is 126. The summed E-state index contributed by atoms with van der Waals surface area (Å²) >= 11 is 0. The van der Waals surface area contributed by atoms with Crippen molar-refractivity contribution < 1.29 is 13.5 Å². The summed E-state index contributed by atoms with van der Waals surface area (Å²) in [5.74, 6) is -0.498. The standard InChI is InChI=1S/C3H8NO3S/c1-3(4,5)2-8(6)7/h5,8H,1-2,4H2. The number of thiol groups is 1. The highest BCUT2D eigenvalue weighted by Crippen LogP contribution is 1.88. The Kier molecular flexibility index (Phi) is 2.39. The van der Waals surface area contributed by atoms with Crippen molar-refractivity contribution in [1.82, 2.24) is 0 Å². The molecular formula is C3H8NO3S. The minimum atomic E-state index is -2.63. The molecule has 0 fully saturated rings. The third-order valence-electron chi connectivity index (χ3n) is 0.403. The molecule has 1 unspecified atom stereocenters. The Morgan fingerprint density at radius 1 is 1.75 bits per heavy atom. The molecule has 0 aliphatic rings. The summed E-state index contributed by atoms with van der Waals surface area (Å²) in [6, 6.07) is 0. The first-order valence-corrected chi connectivity index (χ1v) is 3.26. The summed E-state index contributed by atoms with van der Waals surface area (Å²) in [7, 11) is -2.63. The summed E-state index contributed by atoms with van der Waals surface area (Å²) < 4.78 is 19.5. The van der Waals surface area contributed by atoms with Crippen molar-refractivity contribution in [3.63, 3.8) is 0 Å². The van der Waals surface area contributed by atoms with Crippen LogP contribution in [0.4, 0.5) is 0 Å². The molecule has 1 atom stereocenters. The number of rotatable bonds is 2. The monoisotopic (exact) mass is 138 g/mol. The third-order valence-corrected chi connectivity index (χ3v) is 1.21. The fraction of sp³-hybridized carbons (Fsp3) is 0.667. The largest absolute Gasteiger partial charge is 0.375 e. The van der Waals surface area contributed by atoms with E-state index in [1.54, 1.807) is 0 Å².